The van der Waals surface area contributed by atoms with E-state index >= 15 is 0 Å². The van der Waals surface area contributed by atoms with Crippen molar-refractivity contribution >= 4 is 23.4 Å². The molecule has 0 unspecified atom stereocenters. The number of aryl methyl sites for hydroxylation is 1. The average molecular weight is 241 g/mol. The Morgan fingerprint density at radius 2 is 2.33 bits per heavy atom. The fourth-order valence-corrected chi connectivity index (χ4v) is 2.16. The molecule has 0 saturated heterocycles. The summed E-state index contributed by atoms with van der Waals surface area (Å²) in [6, 6.07) is 1.94. The molecule has 0 spiro atoms. The number of halogens is 1. The molecule has 0 N–H and O–H groups in total. The first kappa shape index (κ1) is 10.5. The van der Waals surface area contributed by atoms with Gasteiger partial charge in [-0.05, 0) is 18.6 Å². The third-order valence-corrected chi connectivity index (χ3v) is 2.98. The van der Waals surface area contributed by atoms with Gasteiger partial charge < -0.3 is 4.42 Å². The van der Waals surface area contributed by atoms with Gasteiger partial charge in [0.2, 0.25) is 0 Å². The first-order chi connectivity index (χ1) is 7.25. The summed E-state index contributed by atoms with van der Waals surface area (Å²) in [6.45, 7) is 2.02. The van der Waals surface area contributed by atoms with E-state index in [0.29, 0.717) is 5.15 Å². The second-order valence-electron chi connectivity index (χ2n) is 3.00. The zero-order valence-electron chi connectivity index (χ0n) is 8.11. The van der Waals surface area contributed by atoms with Gasteiger partial charge in [0, 0.05) is 0 Å². The second kappa shape index (κ2) is 4.68. The van der Waals surface area contributed by atoms with Crippen LogP contribution in [-0.2, 0) is 5.75 Å². The van der Waals surface area contributed by atoms with Crippen molar-refractivity contribution in [2.45, 2.75) is 17.7 Å². The summed E-state index contributed by atoms with van der Waals surface area (Å²) in [7, 11) is 0. The lowest BCUT2D eigenvalue weighted by Gasteiger charge is -1.99. The van der Waals surface area contributed by atoms with E-state index in [9.17, 15) is 0 Å². The molecule has 0 bridgehead atoms. The van der Waals surface area contributed by atoms with Gasteiger partial charge in [0.25, 0.3) is 0 Å². The maximum atomic E-state index is 5.73. The molecule has 0 aliphatic carbocycles. The highest BCUT2D eigenvalue weighted by atomic mass is 35.5. The molecule has 0 atom stereocenters. The van der Waals surface area contributed by atoms with Gasteiger partial charge in [-0.1, -0.05) is 23.4 Å². The molecule has 0 aliphatic heterocycles. The molecular formula is C10H9ClN2OS. The van der Waals surface area contributed by atoms with Crippen LogP contribution in [0.15, 0.2) is 34.2 Å². The van der Waals surface area contributed by atoms with Crippen molar-refractivity contribution < 1.29 is 4.42 Å². The predicted molar refractivity (Wildman–Crippen MR) is 60.0 cm³/mol. The van der Waals surface area contributed by atoms with Gasteiger partial charge in [0.15, 0.2) is 0 Å². The maximum Gasteiger partial charge on any atom is 0.148 e. The van der Waals surface area contributed by atoms with Gasteiger partial charge in [-0.2, -0.15) is 0 Å². The lowest BCUT2D eigenvalue weighted by Crippen LogP contribution is -1.85. The summed E-state index contributed by atoms with van der Waals surface area (Å²) < 4.78 is 5.31. The van der Waals surface area contributed by atoms with E-state index in [2.05, 4.69) is 9.97 Å². The molecule has 2 heterocycles. The fraction of sp³-hybridized carbons (Fsp3) is 0.200. The number of hydrogen-bond donors (Lipinski definition) is 0. The summed E-state index contributed by atoms with van der Waals surface area (Å²) in [5.74, 6) is 1.70. The number of rotatable bonds is 3. The first-order valence-corrected chi connectivity index (χ1v) is 5.75. The SMILES string of the molecule is Cc1ccoc1CSc1cncc(Cl)n1. The van der Waals surface area contributed by atoms with E-state index in [-0.39, 0.29) is 0 Å². The molecule has 5 heteroatoms. The molecule has 2 aromatic rings. The Balaban J connectivity index is 2.02. The molecule has 3 nitrogen and oxygen atoms in total. The maximum absolute atomic E-state index is 5.73. The van der Waals surface area contributed by atoms with Crippen LogP contribution in [0, 0.1) is 6.92 Å². The molecule has 15 heavy (non-hydrogen) atoms. The van der Waals surface area contributed by atoms with E-state index in [4.69, 9.17) is 16.0 Å². The summed E-state index contributed by atoms with van der Waals surface area (Å²) in [6.07, 6.45) is 4.90. The Labute approximate surface area is 96.9 Å². The van der Waals surface area contributed by atoms with Crippen molar-refractivity contribution in [2.24, 2.45) is 0 Å². The van der Waals surface area contributed by atoms with E-state index in [1.165, 1.54) is 6.20 Å². The van der Waals surface area contributed by atoms with Crippen LogP contribution in [-0.4, -0.2) is 9.97 Å². The van der Waals surface area contributed by atoms with Gasteiger partial charge in [0.1, 0.15) is 15.9 Å². The van der Waals surface area contributed by atoms with Gasteiger partial charge >= 0.3 is 0 Å². The van der Waals surface area contributed by atoms with Crippen LogP contribution in [0.2, 0.25) is 5.15 Å². The molecular weight excluding hydrogens is 232 g/mol. The van der Waals surface area contributed by atoms with Crippen molar-refractivity contribution in [2.75, 3.05) is 0 Å². The van der Waals surface area contributed by atoms with Crippen molar-refractivity contribution in [1.29, 1.82) is 0 Å². The molecule has 2 aromatic heterocycles. The second-order valence-corrected chi connectivity index (χ2v) is 4.38. The molecule has 0 radical (unpaired) electrons. The summed E-state index contributed by atoms with van der Waals surface area (Å²) >= 11 is 7.28. The minimum Gasteiger partial charge on any atom is -0.468 e. The number of nitrogens with zero attached hydrogens (tertiary/aromatic N) is 2. The fourth-order valence-electron chi connectivity index (χ4n) is 1.09. The number of furan rings is 1. The van der Waals surface area contributed by atoms with Gasteiger partial charge in [-0.3, -0.25) is 4.98 Å². The van der Waals surface area contributed by atoms with Crippen molar-refractivity contribution in [3.8, 4) is 0 Å². The average Bonchev–Trinajstić information content (AvgIpc) is 2.61. The lowest BCUT2D eigenvalue weighted by atomic mass is 10.3. The number of thioether (sulfide) groups is 1. The molecule has 0 amide bonds. The molecule has 0 fully saturated rings. The normalized spacial score (nSPS) is 10.5. The minimum absolute atomic E-state index is 0.413. The molecule has 0 aromatic carbocycles. The van der Waals surface area contributed by atoms with Crippen LogP contribution < -0.4 is 0 Å². The van der Waals surface area contributed by atoms with Crippen molar-refractivity contribution in [3.05, 3.63) is 41.2 Å². The zero-order chi connectivity index (χ0) is 10.7. The highest BCUT2D eigenvalue weighted by molar-refractivity contribution is 7.98. The third kappa shape index (κ3) is 2.73. The predicted octanol–water partition coefficient (Wildman–Crippen LogP) is 3.32. The Kier molecular flexibility index (Phi) is 3.28. The molecule has 78 valence electrons. The van der Waals surface area contributed by atoms with Crippen LogP contribution >= 0.6 is 23.4 Å². The Bertz CT molecular complexity index is 458. The van der Waals surface area contributed by atoms with Crippen molar-refractivity contribution in [3.63, 3.8) is 0 Å². The highest BCUT2D eigenvalue weighted by Gasteiger charge is 2.04. The standard InChI is InChI=1S/C10H9ClN2OS/c1-7-2-3-14-8(7)6-15-10-5-12-4-9(11)13-10/h2-5H,6H2,1H3. The molecule has 2 rings (SSSR count). The largest absolute Gasteiger partial charge is 0.468 e. The third-order valence-electron chi connectivity index (χ3n) is 1.90. The summed E-state index contributed by atoms with van der Waals surface area (Å²) in [5.41, 5.74) is 1.15. The highest BCUT2D eigenvalue weighted by Crippen LogP contribution is 2.23. The quantitative estimate of drug-likeness (QED) is 0.772. The smallest absolute Gasteiger partial charge is 0.148 e. The minimum atomic E-state index is 0.413. The van der Waals surface area contributed by atoms with Gasteiger partial charge in [0.05, 0.1) is 24.4 Å². The van der Waals surface area contributed by atoms with E-state index in [1.54, 1.807) is 24.2 Å². The Morgan fingerprint density at radius 3 is 3.00 bits per heavy atom. The van der Waals surface area contributed by atoms with E-state index in [0.717, 1.165) is 22.1 Å². The lowest BCUT2D eigenvalue weighted by molar-refractivity contribution is 0.528. The van der Waals surface area contributed by atoms with Gasteiger partial charge in [-0.15, -0.1) is 0 Å². The Morgan fingerprint density at radius 1 is 1.47 bits per heavy atom. The summed E-state index contributed by atoms with van der Waals surface area (Å²) in [4.78, 5) is 8.09. The van der Waals surface area contributed by atoms with Crippen LogP contribution in [0.4, 0.5) is 0 Å². The van der Waals surface area contributed by atoms with Crippen LogP contribution in [0.5, 0.6) is 0 Å². The van der Waals surface area contributed by atoms with Crippen molar-refractivity contribution in [1.82, 2.24) is 9.97 Å². The van der Waals surface area contributed by atoms with Crippen LogP contribution in [0.25, 0.3) is 0 Å². The molecule has 0 saturated carbocycles. The van der Waals surface area contributed by atoms with E-state index in [1.807, 2.05) is 13.0 Å². The van der Waals surface area contributed by atoms with Crippen LogP contribution in [0.1, 0.15) is 11.3 Å². The summed E-state index contributed by atoms with van der Waals surface area (Å²) in [5, 5.41) is 1.22. The number of hydrogen-bond acceptors (Lipinski definition) is 4. The topological polar surface area (TPSA) is 38.9 Å². The monoisotopic (exact) mass is 240 g/mol. The number of aromatic nitrogens is 2. The Hall–Kier alpha value is -1.00. The van der Waals surface area contributed by atoms with Crippen LogP contribution in [0.3, 0.4) is 0 Å². The molecule has 0 aliphatic rings. The zero-order valence-corrected chi connectivity index (χ0v) is 9.68. The van der Waals surface area contributed by atoms with Gasteiger partial charge in [-0.25, -0.2) is 4.98 Å². The first-order valence-electron chi connectivity index (χ1n) is 4.39. The van der Waals surface area contributed by atoms with E-state index < -0.39 is 0 Å².